The molecule has 0 saturated carbocycles. The Kier molecular flexibility index (Phi) is 6.25. The molecule has 0 aromatic heterocycles. The smallest absolute Gasteiger partial charge is 0.00201 e. The van der Waals surface area contributed by atoms with Gasteiger partial charge in [0.25, 0.3) is 0 Å². The molecule has 0 fully saturated rings. The van der Waals surface area contributed by atoms with Crippen molar-refractivity contribution in [3.63, 3.8) is 0 Å². The fourth-order valence-corrected chi connectivity index (χ4v) is 7.34. The third-order valence-corrected chi connectivity index (χ3v) is 9.43. The van der Waals surface area contributed by atoms with E-state index >= 15 is 0 Å². The Morgan fingerprint density at radius 1 is 0.217 bits per heavy atom. The van der Waals surface area contributed by atoms with Gasteiger partial charge in [-0.2, -0.15) is 0 Å². The van der Waals surface area contributed by atoms with Gasteiger partial charge in [0.15, 0.2) is 0 Å². The van der Waals surface area contributed by atoms with Crippen LogP contribution in [0, 0.1) is 0 Å². The Bertz CT molecular complexity index is 2290. The first-order valence-corrected chi connectivity index (χ1v) is 15.9. The van der Waals surface area contributed by atoms with Crippen LogP contribution in [0.15, 0.2) is 182 Å². The molecule has 0 radical (unpaired) electrons. The minimum Gasteiger partial charge on any atom is -0.0622 e. The van der Waals surface area contributed by atoms with E-state index in [4.69, 9.17) is 0 Å². The minimum atomic E-state index is 1.21. The molecule has 1 aliphatic rings. The van der Waals surface area contributed by atoms with Gasteiger partial charge in [-0.3, -0.25) is 0 Å². The summed E-state index contributed by atoms with van der Waals surface area (Å²) in [6, 6.07) is 66.4. The SMILES string of the molecule is c1ccc(-c2cc(-c3cccc(-c4ccc5c6c(cccc46)-c4ccccc4-5)c3)cc(-c3ccccc3)c2-c2ccccc2)cc1. The lowest BCUT2D eigenvalue weighted by Gasteiger charge is -2.19. The molecule has 0 atom stereocenters. The fraction of sp³-hybridized carbons (Fsp3) is 0. The highest BCUT2D eigenvalue weighted by Crippen LogP contribution is 2.49. The average Bonchev–Trinajstić information content (AvgIpc) is 3.47. The van der Waals surface area contributed by atoms with Crippen LogP contribution in [0.4, 0.5) is 0 Å². The quantitative estimate of drug-likeness (QED) is 0.189. The van der Waals surface area contributed by atoms with Gasteiger partial charge in [-0.05, 0) is 107 Å². The summed E-state index contributed by atoms with van der Waals surface area (Å²) in [6.07, 6.45) is 0. The maximum Gasteiger partial charge on any atom is -0.00201 e. The molecule has 214 valence electrons. The van der Waals surface area contributed by atoms with E-state index < -0.39 is 0 Å². The third kappa shape index (κ3) is 4.30. The van der Waals surface area contributed by atoms with Gasteiger partial charge >= 0.3 is 0 Å². The van der Waals surface area contributed by atoms with E-state index in [9.17, 15) is 0 Å². The van der Waals surface area contributed by atoms with Gasteiger partial charge in [-0.1, -0.05) is 164 Å². The largest absolute Gasteiger partial charge is 0.0622 e. The van der Waals surface area contributed by atoms with Crippen molar-refractivity contribution < 1.29 is 0 Å². The van der Waals surface area contributed by atoms with Crippen molar-refractivity contribution in [2.75, 3.05) is 0 Å². The molecule has 0 saturated heterocycles. The Morgan fingerprint density at radius 2 is 0.674 bits per heavy atom. The predicted octanol–water partition coefficient (Wildman–Crippen LogP) is 12.8. The van der Waals surface area contributed by atoms with Crippen LogP contribution in [-0.2, 0) is 0 Å². The van der Waals surface area contributed by atoms with Crippen LogP contribution >= 0.6 is 0 Å². The predicted molar refractivity (Wildman–Crippen MR) is 196 cm³/mol. The van der Waals surface area contributed by atoms with Gasteiger partial charge in [0.2, 0.25) is 0 Å². The van der Waals surface area contributed by atoms with Crippen molar-refractivity contribution in [3.8, 4) is 77.9 Å². The fourth-order valence-electron chi connectivity index (χ4n) is 7.34. The molecule has 8 aromatic rings. The Labute approximate surface area is 269 Å². The number of fused-ring (bicyclic) bond motifs is 3. The Morgan fingerprint density at radius 3 is 1.30 bits per heavy atom. The van der Waals surface area contributed by atoms with Crippen molar-refractivity contribution in [1.29, 1.82) is 0 Å². The summed E-state index contributed by atoms with van der Waals surface area (Å²) in [6.45, 7) is 0. The van der Waals surface area contributed by atoms with Crippen LogP contribution in [0.1, 0.15) is 0 Å². The molecule has 0 amide bonds. The molecule has 0 unspecified atom stereocenters. The zero-order chi connectivity index (χ0) is 30.5. The van der Waals surface area contributed by atoms with E-state index in [1.165, 1.54) is 88.7 Å². The number of hydrogen-bond donors (Lipinski definition) is 0. The highest BCUT2D eigenvalue weighted by Gasteiger charge is 2.22. The van der Waals surface area contributed by atoms with Crippen LogP contribution in [0.5, 0.6) is 0 Å². The molecule has 1 aliphatic carbocycles. The summed E-state index contributed by atoms with van der Waals surface area (Å²) < 4.78 is 0. The van der Waals surface area contributed by atoms with Gasteiger partial charge < -0.3 is 0 Å². The molecule has 0 heteroatoms. The van der Waals surface area contributed by atoms with Crippen molar-refractivity contribution in [1.82, 2.24) is 0 Å². The van der Waals surface area contributed by atoms with Crippen LogP contribution in [0.2, 0.25) is 0 Å². The molecule has 0 spiro atoms. The van der Waals surface area contributed by atoms with Crippen LogP contribution in [0.3, 0.4) is 0 Å². The first-order chi connectivity index (χ1) is 22.8. The zero-order valence-electron chi connectivity index (χ0n) is 25.3. The summed E-state index contributed by atoms with van der Waals surface area (Å²) in [5.74, 6) is 0. The molecule has 46 heavy (non-hydrogen) atoms. The number of rotatable bonds is 5. The van der Waals surface area contributed by atoms with E-state index in [-0.39, 0.29) is 0 Å². The molecular formula is C46H30. The molecular weight excluding hydrogens is 553 g/mol. The van der Waals surface area contributed by atoms with Gasteiger partial charge in [0.05, 0.1) is 0 Å². The second-order valence-corrected chi connectivity index (χ2v) is 12.1. The lowest BCUT2D eigenvalue weighted by Crippen LogP contribution is -1.93. The van der Waals surface area contributed by atoms with Gasteiger partial charge in [-0.15, -0.1) is 0 Å². The van der Waals surface area contributed by atoms with Crippen LogP contribution in [-0.4, -0.2) is 0 Å². The minimum absolute atomic E-state index is 1.21. The lowest BCUT2D eigenvalue weighted by atomic mass is 9.84. The summed E-state index contributed by atoms with van der Waals surface area (Å²) in [7, 11) is 0. The van der Waals surface area contributed by atoms with Crippen molar-refractivity contribution in [2.24, 2.45) is 0 Å². The zero-order valence-corrected chi connectivity index (χ0v) is 25.3. The van der Waals surface area contributed by atoms with Crippen molar-refractivity contribution in [2.45, 2.75) is 0 Å². The monoisotopic (exact) mass is 582 g/mol. The summed E-state index contributed by atoms with van der Waals surface area (Å²) in [5.41, 5.74) is 17.6. The molecule has 0 N–H and O–H groups in total. The van der Waals surface area contributed by atoms with Gasteiger partial charge in [-0.25, -0.2) is 0 Å². The molecule has 8 aromatic carbocycles. The Hall–Kier alpha value is -5.98. The summed E-state index contributed by atoms with van der Waals surface area (Å²) in [5, 5.41) is 2.66. The molecule has 9 rings (SSSR count). The normalized spacial score (nSPS) is 11.5. The third-order valence-electron chi connectivity index (χ3n) is 9.43. The number of hydrogen-bond acceptors (Lipinski definition) is 0. The topological polar surface area (TPSA) is 0 Å². The van der Waals surface area contributed by atoms with E-state index in [2.05, 4.69) is 182 Å². The van der Waals surface area contributed by atoms with E-state index in [1.54, 1.807) is 0 Å². The first kappa shape index (κ1) is 26.4. The van der Waals surface area contributed by atoms with Crippen molar-refractivity contribution >= 4 is 10.8 Å². The van der Waals surface area contributed by atoms with Crippen LogP contribution < -0.4 is 0 Å². The summed E-state index contributed by atoms with van der Waals surface area (Å²) >= 11 is 0. The van der Waals surface area contributed by atoms with E-state index in [0.29, 0.717) is 0 Å². The second kappa shape index (κ2) is 10.9. The highest BCUT2D eigenvalue weighted by molar-refractivity contribution is 6.18. The molecule has 0 nitrogen and oxygen atoms in total. The lowest BCUT2D eigenvalue weighted by molar-refractivity contribution is 1.54. The standard InChI is InChI=1S/C46H30/c1-4-14-31(15-5-1)43-29-36(30-44(32-16-6-2-7-17-32)45(43)33-18-8-3-9-19-33)34-20-12-21-35(28-34)37-26-27-42-39-23-11-10-22-38(39)41-25-13-24-40(37)46(41)42/h1-30H. The van der Waals surface area contributed by atoms with Crippen LogP contribution in [0.25, 0.3) is 88.7 Å². The first-order valence-electron chi connectivity index (χ1n) is 15.9. The summed E-state index contributed by atoms with van der Waals surface area (Å²) in [4.78, 5) is 0. The maximum absolute atomic E-state index is 2.38. The average molecular weight is 583 g/mol. The second-order valence-electron chi connectivity index (χ2n) is 12.1. The van der Waals surface area contributed by atoms with E-state index in [1.807, 2.05) is 0 Å². The Balaban J connectivity index is 1.26. The highest BCUT2D eigenvalue weighted by atomic mass is 14.3. The maximum atomic E-state index is 2.38. The number of benzene rings is 8. The van der Waals surface area contributed by atoms with Crippen molar-refractivity contribution in [3.05, 3.63) is 182 Å². The van der Waals surface area contributed by atoms with Gasteiger partial charge in [0, 0.05) is 0 Å². The molecule has 0 heterocycles. The molecule has 0 bridgehead atoms. The van der Waals surface area contributed by atoms with Gasteiger partial charge in [0.1, 0.15) is 0 Å². The molecule has 0 aliphatic heterocycles. The van der Waals surface area contributed by atoms with E-state index in [0.717, 1.165) is 0 Å².